The summed E-state index contributed by atoms with van der Waals surface area (Å²) >= 11 is 0. The molecule has 0 unspecified atom stereocenters. The van der Waals surface area contributed by atoms with Gasteiger partial charge in [0.15, 0.2) is 0 Å². The summed E-state index contributed by atoms with van der Waals surface area (Å²) in [6.45, 7) is 0.342. The van der Waals surface area contributed by atoms with Crippen LogP contribution in [0.15, 0.2) is 66.7 Å². The molecule has 3 aromatic rings. The third kappa shape index (κ3) is 6.66. The number of amides is 2. The molecule has 0 bridgehead atoms. The van der Waals surface area contributed by atoms with Crippen molar-refractivity contribution >= 4 is 11.7 Å². The number of benzene rings is 2. The van der Waals surface area contributed by atoms with E-state index >= 15 is 0 Å². The van der Waals surface area contributed by atoms with Crippen LogP contribution in [-0.2, 0) is 0 Å². The van der Waals surface area contributed by atoms with Crippen LogP contribution in [0.25, 0.3) is 11.3 Å². The average Bonchev–Trinajstić information content (AvgIpc) is 2.73. The van der Waals surface area contributed by atoms with Crippen molar-refractivity contribution in [2.45, 2.75) is 6.36 Å². The summed E-state index contributed by atoms with van der Waals surface area (Å²) in [4.78, 5) is 11.8. The highest BCUT2D eigenvalue weighted by Crippen LogP contribution is 2.23. The van der Waals surface area contributed by atoms with E-state index in [9.17, 15) is 18.0 Å². The first kappa shape index (κ1) is 20.9. The van der Waals surface area contributed by atoms with Crippen molar-refractivity contribution in [3.63, 3.8) is 0 Å². The fourth-order valence-electron chi connectivity index (χ4n) is 2.40. The molecule has 0 fully saturated rings. The lowest BCUT2D eigenvalue weighted by atomic mass is 10.1. The Balaban J connectivity index is 1.38. The topological polar surface area (TPSA) is 85.4 Å². The lowest BCUT2D eigenvalue weighted by molar-refractivity contribution is -0.274. The number of halogens is 3. The molecule has 0 spiro atoms. The zero-order valence-electron chi connectivity index (χ0n) is 15.5. The van der Waals surface area contributed by atoms with Crippen molar-refractivity contribution in [2.24, 2.45) is 0 Å². The van der Waals surface area contributed by atoms with Crippen LogP contribution in [-0.4, -0.2) is 35.7 Å². The smallest absolute Gasteiger partial charge is 0.475 e. The molecule has 0 saturated heterocycles. The van der Waals surface area contributed by atoms with Gasteiger partial charge in [0.2, 0.25) is 5.88 Å². The van der Waals surface area contributed by atoms with Crippen LogP contribution in [0.3, 0.4) is 0 Å². The second-order valence-electron chi connectivity index (χ2n) is 5.92. The molecule has 0 aliphatic rings. The normalized spacial score (nSPS) is 10.9. The largest absolute Gasteiger partial charge is 0.573 e. The number of anilines is 1. The number of hydrogen-bond acceptors (Lipinski definition) is 5. The second-order valence-corrected chi connectivity index (χ2v) is 5.92. The second kappa shape index (κ2) is 9.59. The third-order valence-corrected chi connectivity index (χ3v) is 3.69. The number of urea groups is 1. The Labute approximate surface area is 169 Å². The van der Waals surface area contributed by atoms with E-state index in [-0.39, 0.29) is 18.9 Å². The van der Waals surface area contributed by atoms with Crippen molar-refractivity contribution in [1.29, 1.82) is 0 Å². The predicted octanol–water partition coefficient (Wildman–Crippen LogP) is 4.24. The fourth-order valence-corrected chi connectivity index (χ4v) is 2.40. The first-order valence-electron chi connectivity index (χ1n) is 8.82. The number of nitrogens with one attached hydrogen (secondary N) is 2. The molecular weight excluding hydrogens is 401 g/mol. The number of carbonyl (C=O) groups is 1. The highest BCUT2D eigenvalue weighted by molar-refractivity contribution is 5.89. The molecule has 10 heteroatoms. The molecule has 2 amide bonds. The Morgan fingerprint density at radius 1 is 0.933 bits per heavy atom. The minimum atomic E-state index is -4.77. The molecule has 0 radical (unpaired) electrons. The van der Waals surface area contributed by atoms with Crippen molar-refractivity contribution < 1.29 is 27.4 Å². The Hall–Kier alpha value is -3.82. The van der Waals surface area contributed by atoms with Crippen LogP contribution in [0.1, 0.15) is 0 Å². The highest BCUT2D eigenvalue weighted by atomic mass is 19.4. The van der Waals surface area contributed by atoms with Crippen molar-refractivity contribution in [1.82, 2.24) is 15.5 Å². The molecule has 30 heavy (non-hydrogen) atoms. The number of rotatable bonds is 7. The standard InChI is InChI=1S/C20H17F3N4O3/c21-20(22,23)30-16-8-6-15(7-9-16)25-19(28)24-12-13-29-18-11-10-17(26-27-18)14-4-2-1-3-5-14/h1-11H,12-13H2,(H2,24,25,28). The van der Waals surface area contributed by atoms with Crippen molar-refractivity contribution in [3.05, 3.63) is 66.7 Å². The van der Waals surface area contributed by atoms with E-state index in [4.69, 9.17) is 4.74 Å². The molecule has 2 N–H and O–H groups in total. The van der Waals surface area contributed by atoms with E-state index in [2.05, 4.69) is 25.6 Å². The maximum absolute atomic E-state index is 12.1. The van der Waals surface area contributed by atoms with Crippen molar-refractivity contribution in [3.8, 4) is 22.9 Å². The molecule has 0 aliphatic heterocycles. The van der Waals surface area contributed by atoms with Crippen LogP contribution in [0.2, 0.25) is 0 Å². The summed E-state index contributed by atoms with van der Waals surface area (Å²) in [5.41, 5.74) is 1.96. The molecule has 0 aliphatic carbocycles. The lowest BCUT2D eigenvalue weighted by Crippen LogP contribution is -2.32. The maximum Gasteiger partial charge on any atom is 0.573 e. The minimum absolute atomic E-state index is 0.158. The predicted molar refractivity (Wildman–Crippen MR) is 103 cm³/mol. The lowest BCUT2D eigenvalue weighted by Gasteiger charge is -2.11. The van der Waals surface area contributed by atoms with E-state index in [1.807, 2.05) is 30.3 Å². The first-order chi connectivity index (χ1) is 14.4. The maximum atomic E-state index is 12.1. The van der Waals surface area contributed by atoms with Crippen LogP contribution >= 0.6 is 0 Å². The summed E-state index contributed by atoms with van der Waals surface area (Å²) in [5, 5.41) is 13.1. The molecule has 0 atom stereocenters. The van der Waals surface area contributed by atoms with E-state index in [0.29, 0.717) is 17.3 Å². The van der Waals surface area contributed by atoms with Gasteiger partial charge in [-0.2, -0.15) is 0 Å². The first-order valence-corrected chi connectivity index (χ1v) is 8.82. The summed E-state index contributed by atoms with van der Waals surface area (Å²) in [7, 11) is 0. The zero-order valence-corrected chi connectivity index (χ0v) is 15.5. The van der Waals surface area contributed by atoms with Crippen LogP contribution in [0, 0.1) is 0 Å². The van der Waals surface area contributed by atoms with Crippen LogP contribution < -0.4 is 20.1 Å². The van der Waals surface area contributed by atoms with Gasteiger partial charge in [0.1, 0.15) is 12.4 Å². The summed E-state index contributed by atoms with van der Waals surface area (Å²) < 4.78 is 45.5. The van der Waals surface area contributed by atoms with Gasteiger partial charge in [0.05, 0.1) is 12.2 Å². The number of ether oxygens (including phenoxy) is 2. The van der Waals surface area contributed by atoms with Gasteiger partial charge in [-0.15, -0.1) is 23.4 Å². The van der Waals surface area contributed by atoms with Gasteiger partial charge in [0, 0.05) is 17.3 Å². The third-order valence-electron chi connectivity index (χ3n) is 3.69. The van der Waals surface area contributed by atoms with E-state index in [0.717, 1.165) is 17.7 Å². The Morgan fingerprint density at radius 3 is 2.30 bits per heavy atom. The Bertz CT molecular complexity index is 950. The van der Waals surface area contributed by atoms with Gasteiger partial charge in [-0.1, -0.05) is 30.3 Å². The summed E-state index contributed by atoms with van der Waals surface area (Å²) in [6, 6.07) is 17.3. The Morgan fingerprint density at radius 2 is 1.67 bits per heavy atom. The number of alkyl halides is 3. The fraction of sp³-hybridized carbons (Fsp3) is 0.150. The molecular formula is C20H17F3N4O3. The number of nitrogens with zero attached hydrogens (tertiary/aromatic N) is 2. The van der Waals surface area contributed by atoms with Gasteiger partial charge in [-0.3, -0.25) is 0 Å². The average molecular weight is 418 g/mol. The minimum Gasteiger partial charge on any atom is -0.475 e. The molecule has 7 nitrogen and oxygen atoms in total. The molecule has 2 aromatic carbocycles. The van der Waals surface area contributed by atoms with E-state index in [1.54, 1.807) is 12.1 Å². The quantitative estimate of drug-likeness (QED) is 0.561. The molecule has 1 heterocycles. The monoisotopic (exact) mass is 418 g/mol. The van der Waals surface area contributed by atoms with E-state index in [1.165, 1.54) is 12.1 Å². The molecule has 1 aromatic heterocycles. The van der Waals surface area contributed by atoms with E-state index < -0.39 is 12.4 Å². The van der Waals surface area contributed by atoms with Crippen LogP contribution in [0.4, 0.5) is 23.7 Å². The van der Waals surface area contributed by atoms with Crippen molar-refractivity contribution in [2.75, 3.05) is 18.5 Å². The van der Waals surface area contributed by atoms with Gasteiger partial charge in [-0.25, -0.2) is 4.79 Å². The summed E-state index contributed by atoms with van der Waals surface area (Å²) in [6.07, 6.45) is -4.77. The number of aromatic nitrogens is 2. The molecule has 0 saturated carbocycles. The number of hydrogen-bond donors (Lipinski definition) is 2. The van der Waals surface area contributed by atoms with Gasteiger partial charge >= 0.3 is 12.4 Å². The SMILES string of the molecule is O=C(NCCOc1ccc(-c2ccccc2)nn1)Nc1ccc(OC(F)(F)F)cc1. The number of carbonyl (C=O) groups excluding carboxylic acids is 1. The summed E-state index contributed by atoms with van der Waals surface area (Å²) in [5.74, 6) is -0.0570. The highest BCUT2D eigenvalue weighted by Gasteiger charge is 2.30. The zero-order chi connectivity index (χ0) is 21.4. The Kier molecular flexibility index (Phi) is 6.68. The van der Waals surface area contributed by atoms with Crippen LogP contribution in [0.5, 0.6) is 11.6 Å². The molecule has 156 valence electrons. The van der Waals surface area contributed by atoms with Gasteiger partial charge in [0.25, 0.3) is 0 Å². The molecule has 3 rings (SSSR count). The van der Waals surface area contributed by atoms with Gasteiger partial charge in [-0.05, 0) is 30.3 Å². The van der Waals surface area contributed by atoms with Gasteiger partial charge < -0.3 is 20.1 Å².